The summed E-state index contributed by atoms with van der Waals surface area (Å²) >= 11 is 0. The van der Waals surface area contributed by atoms with Gasteiger partial charge in [0.2, 0.25) is 0 Å². The van der Waals surface area contributed by atoms with Crippen molar-refractivity contribution in [2.24, 2.45) is 17.8 Å². The van der Waals surface area contributed by atoms with Gasteiger partial charge in [-0.15, -0.1) is 13.2 Å². The third-order valence-corrected chi connectivity index (χ3v) is 5.83. The number of alkyl halides is 3. The van der Waals surface area contributed by atoms with Gasteiger partial charge in [0.05, 0.1) is 13.2 Å². The molecule has 0 N–H and O–H groups in total. The molecule has 2 fully saturated rings. The summed E-state index contributed by atoms with van der Waals surface area (Å²) in [5.41, 5.74) is 0.714. The standard InChI is InChI=1S/C21H29F3O3/c1-2-3-4-15-5-7-16(8-6-15)18-13-25-20(26-14-18)17-9-11-19(12-10-17)27-21(22,23)24/h9-12,15-16,18,20H,2-8,13-14H2,1H3. The maximum Gasteiger partial charge on any atom is 0.573 e. The Kier molecular flexibility index (Phi) is 7.04. The van der Waals surface area contributed by atoms with Gasteiger partial charge in [0.25, 0.3) is 0 Å². The van der Waals surface area contributed by atoms with Crippen molar-refractivity contribution in [1.29, 1.82) is 0 Å². The average molecular weight is 386 g/mol. The topological polar surface area (TPSA) is 27.7 Å². The van der Waals surface area contributed by atoms with Crippen molar-refractivity contribution in [3.8, 4) is 5.75 Å². The molecule has 3 rings (SSSR count). The maximum absolute atomic E-state index is 12.2. The van der Waals surface area contributed by atoms with E-state index < -0.39 is 12.7 Å². The minimum absolute atomic E-state index is 0.236. The molecule has 1 heterocycles. The van der Waals surface area contributed by atoms with Crippen LogP contribution < -0.4 is 4.74 Å². The van der Waals surface area contributed by atoms with Gasteiger partial charge in [-0.2, -0.15) is 0 Å². The van der Waals surface area contributed by atoms with E-state index in [-0.39, 0.29) is 5.75 Å². The fraction of sp³-hybridized carbons (Fsp3) is 0.714. The highest BCUT2D eigenvalue weighted by molar-refractivity contribution is 5.28. The molecule has 0 spiro atoms. The molecule has 2 aliphatic rings. The molecule has 0 radical (unpaired) electrons. The monoisotopic (exact) mass is 386 g/mol. The molecule has 0 atom stereocenters. The van der Waals surface area contributed by atoms with Crippen LogP contribution in [0.1, 0.15) is 63.7 Å². The molecule has 1 saturated heterocycles. The number of benzene rings is 1. The van der Waals surface area contributed by atoms with Crippen molar-refractivity contribution in [3.05, 3.63) is 29.8 Å². The van der Waals surface area contributed by atoms with Crippen LogP contribution in [0.15, 0.2) is 24.3 Å². The third kappa shape index (κ3) is 6.11. The molecule has 0 amide bonds. The Morgan fingerprint density at radius 3 is 2.15 bits per heavy atom. The summed E-state index contributed by atoms with van der Waals surface area (Å²) < 4.78 is 52.3. The van der Waals surface area contributed by atoms with Gasteiger partial charge < -0.3 is 14.2 Å². The molecule has 1 aromatic carbocycles. The second-order valence-corrected chi connectivity index (χ2v) is 7.80. The highest BCUT2D eigenvalue weighted by Gasteiger charge is 2.33. The van der Waals surface area contributed by atoms with E-state index in [2.05, 4.69) is 11.7 Å². The van der Waals surface area contributed by atoms with Gasteiger partial charge in [-0.1, -0.05) is 51.2 Å². The summed E-state index contributed by atoms with van der Waals surface area (Å²) in [5.74, 6) is 1.73. The van der Waals surface area contributed by atoms with Crippen molar-refractivity contribution >= 4 is 0 Å². The van der Waals surface area contributed by atoms with Gasteiger partial charge in [0.15, 0.2) is 6.29 Å². The zero-order valence-corrected chi connectivity index (χ0v) is 15.8. The summed E-state index contributed by atoms with van der Waals surface area (Å²) in [7, 11) is 0. The fourth-order valence-electron chi connectivity index (χ4n) is 4.25. The number of hydrogen-bond acceptors (Lipinski definition) is 3. The second-order valence-electron chi connectivity index (χ2n) is 7.80. The van der Waals surface area contributed by atoms with Crippen LogP contribution in [-0.4, -0.2) is 19.6 Å². The van der Waals surface area contributed by atoms with Crippen LogP contribution in [0.5, 0.6) is 5.75 Å². The van der Waals surface area contributed by atoms with E-state index in [4.69, 9.17) is 9.47 Å². The highest BCUT2D eigenvalue weighted by Crippen LogP contribution is 2.39. The van der Waals surface area contributed by atoms with Crippen LogP contribution >= 0.6 is 0 Å². The van der Waals surface area contributed by atoms with Crippen molar-refractivity contribution in [3.63, 3.8) is 0 Å². The lowest BCUT2D eigenvalue weighted by molar-refractivity contribution is -0.274. The summed E-state index contributed by atoms with van der Waals surface area (Å²) in [6.45, 7) is 3.54. The minimum atomic E-state index is -4.68. The van der Waals surface area contributed by atoms with Gasteiger partial charge in [0, 0.05) is 11.5 Å². The first-order chi connectivity index (χ1) is 12.9. The summed E-state index contributed by atoms with van der Waals surface area (Å²) in [5, 5.41) is 0. The molecule has 1 saturated carbocycles. The molecule has 1 aromatic rings. The first-order valence-electron chi connectivity index (χ1n) is 10.0. The Morgan fingerprint density at radius 2 is 1.59 bits per heavy atom. The van der Waals surface area contributed by atoms with E-state index in [1.165, 1.54) is 57.1 Å². The zero-order valence-electron chi connectivity index (χ0n) is 15.8. The lowest BCUT2D eigenvalue weighted by atomic mass is 9.75. The number of ether oxygens (including phenoxy) is 3. The van der Waals surface area contributed by atoms with E-state index in [1.54, 1.807) is 12.1 Å². The molecule has 1 aliphatic carbocycles. The summed E-state index contributed by atoms with van der Waals surface area (Å²) in [6.07, 6.45) is 3.89. The largest absolute Gasteiger partial charge is 0.573 e. The van der Waals surface area contributed by atoms with Gasteiger partial charge in [-0.3, -0.25) is 0 Å². The van der Waals surface area contributed by atoms with Crippen LogP contribution in [0.2, 0.25) is 0 Å². The van der Waals surface area contributed by atoms with E-state index in [0.717, 1.165) is 5.92 Å². The lowest BCUT2D eigenvalue weighted by Crippen LogP contribution is -2.34. The molecule has 0 aromatic heterocycles. The van der Waals surface area contributed by atoms with E-state index >= 15 is 0 Å². The van der Waals surface area contributed by atoms with Crippen LogP contribution in [0.3, 0.4) is 0 Å². The highest BCUT2D eigenvalue weighted by atomic mass is 19.4. The SMILES string of the molecule is CCCCC1CCC(C2COC(c3ccc(OC(F)(F)F)cc3)OC2)CC1. The van der Waals surface area contributed by atoms with Gasteiger partial charge >= 0.3 is 6.36 Å². The molecule has 152 valence electrons. The van der Waals surface area contributed by atoms with E-state index in [0.29, 0.717) is 30.6 Å². The fourth-order valence-corrected chi connectivity index (χ4v) is 4.25. The van der Waals surface area contributed by atoms with Gasteiger partial charge in [-0.05, 0) is 36.8 Å². The lowest BCUT2D eigenvalue weighted by Gasteiger charge is -2.38. The molecule has 0 bridgehead atoms. The number of unbranched alkanes of at least 4 members (excludes halogenated alkanes) is 1. The van der Waals surface area contributed by atoms with Crippen LogP contribution in [0.4, 0.5) is 13.2 Å². The second kappa shape index (κ2) is 9.28. The van der Waals surface area contributed by atoms with Crippen molar-refractivity contribution in [2.75, 3.05) is 13.2 Å². The van der Waals surface area contributed by atoms with Gasteiger partial charge in [-0.25, -0.2) is 0 Å². The Hall–Kier alpha value is -1.27. The average Bonchev–Trinajstić information content (AvgIpc) is 2.66. The first-order valence-corrected chi connectivity index (χ1v) is 10.0. The summed E-state index contributed by atoms with van der Waals surface area (Å²) in [6, 6.07) is 5.70. The predicted octanol–water partition coefficient (Wildman–Crippen LogP) is 6.24. The Labute approximate surface area is 159 Å². The third-order valence-electron chi connectivity index (χ3n) is 5.83. The Morgan fingerprint density at radius 1 is 0.963 bits per heavy atom. The normalized spacial score (nSPS) is 29.5. The van der Waals surface area contributed by atoms with Crippen LogP contribution in [0.25, 0.3) is 0 Å². The first kappa shape index (κ1) is 20.5. The molecule has 3 nitrogen and oxygen atoms in total. The molecule has 1 aliphatic heterocycles. The molecule has 27 heavy (non-hydrogen) atoms. The van der Waals surface area contributed by atoms with E-state index in [9.17, 15) is 13.2 Å². The quantitative estimate of drug-likeness (QED) is 0.579. The number of hydrogen-bond donors (Lipinski definition) is 0. The van der Waals surface area contributed by atoms with Crippen LogP contribution in [0, 0.1) is 17.8 Å². The predicted molar refractivity (Wildman–Crippen MR) is 96.2 cm³/mol. The number of halogens is 3. The Bertz CT molecular complexity index is 557. The van der Waals surface area contributed by atoms with Crippen LogP contribution in [-0.2, 0) is 9.47 Å². The minimum Gasteiger partial charge on any atom is -0.406 e. The molecule has 6 heteroatoms. The van der Waals surface area contributed by atoms with Gasteiger partial charge in [0.1, 0.15) is 5.75 Å². The maximum atomic E-state index is 12.2. The van der Waals surface area contributed by atoms with Crippen molar-refractivity contribution in [1.82, 2.24) is 0 Å². The van der Waals surface area contributed by atoms with E-state index in [1.807, 2.05) is 0 Å². The molecular weight excluding hydrogens is 357 g/mol. The molecular formula is C21H29F3O3. The molecule has 0 unspecified atom stereocenters. The Balaban J connectivity index is 1.44. The van der Waals surface area contributed by atoms with Crippen molar-refractivity contribution < 1.29 is 27.4 Å². The number of rotatable bonds is 6. The zero-order chi connectivity index (χ0) is 19.3. The summed E-state index contributed by atoms with van der Waals surface area (Å²) in [4.78, 5) is 0. The van der Waals surface area contributed by atoms with Crippen molar-refractivity contribution in [2.45, 2.75) is 64.5 Å². The smallest absolute Gasteiger partial charge is 0.406 e.